The minimum Gasteiger partial charge on any atom is -0.507 e. The van der Waals surface area contributed by atoms with Crippen molar-refractivity contribution in [2.75, 3.05) is 7.05 Å². The van der Waals surface area contributed by atoms with Crippen molar-refractivity contribution in [1.82, 2.24) is 0 Å². The third-order valence-electron chi connectivity index (χ3n) is 1.20. The van der Waals surface area contributed by atoms with E-state index in [0.29, 0.717) is 0 Å². The number of benzene rings is 1. The summed E-state index contributed by atoms with van der Waals surface area (Å²) in [6.45, 7) is 0. The van der Waals surface area contributed by atoms with Gasteiger partial charge in [0.1, 0.15) is 5.75 Å². The Kier molecular flexibility index (Phi) is 3.96. The van der Waals surface area contributed by atoms with Gasteiger partial charge in [-0.25, -0.2) is 0 Å². The molecular formula is C9H13NO. The summed E-state index contributed by atoms with van der Waals surface area (Å²) in [4.78, 5) is 3.78. The fourth-order valence-corrected chi connectivity index (χ4v) is 0.736. The second-order valence-electron chi connectivity index (χ2n) is 1.95. The van der Waals surface area contributed by atoms with E-state index >= 15 is 0 Å². The molecule has 0 aliphatic heterocycles. The van der Waals surface area contributed by atoms with Crippen molar-refractivity contribution in [3.05, 3.63) is 29.8 Å². The van der Waals surface area contributed by atoms with Crippen LogP contribution in [0.1, 0.15) is 13.0 Å². The third-order valence-corrected chi connectivity index (χ3v) is 1.20. The first-order valence-electron chi connectivity index (χ1n) is 3.05. The maximum atomic E-state index is 9.15. The molecule has 0 heterocycles. The lowest BCUT2D eigenvalue weighted by atomic mass is 10.2. The summed E-state index contributed by atoms with van der Waals surface area (Å²) in [6, 6.07) is 7.08. The van der Waals surface area contributed by atoms with Crippen LogP contribution in [0.5, 0.6) is 5.75 Å². The Morgan fingerprint density at radius 2 is 2.00 bits per heavy atom. The maximum absolute atomic E-state index is 9.15. The molecule has 0 radical (unpaired) electrons. The molecule has 1 aromatic carbocycles. The van der Waals surface area contributed by atoms with Crippen LogP contribution in [-0.4, -0.2) is 18.4 Å². The van der Waals surface area contributed by atoms with E-state index in [-0.39, 0.29) is 13.2 Å². The molecule has 0 aromatic heterocycles. The topological polar surface area (TPSA) is 32.6 Å². The largest absolute Gasteiger partial charge is 0.507 e. The van der Waals surface area contributed by atoms with Gasteiger partial charge in [0, 0.05) is 18.8 Å². The Bertz CT molecular complexity index is 243. The van der Waals surface area contributed by atoms with Crippen molar-refractivity contribution in [2.45, 2.75) is 7.43 Å². The second kappa shape index (κ2) is 4.50. The number of aliphatic imine (C=N–C) groups is 1. The van der Waals surface area contributed by atoms with Gasteiger partial charge in [-0.1, -0.05) is 19.6 Å². The first-order chi connectivity index (χ1) is 4.84. The molecule has 0 fully saturated rings. The summed E-state index contributed by atoms with van der Waals surface area (Å²) in [7, 11) is 1.67. The number of para-hydroxylation sites is 1. The van der Waals surface area contributed by atoms with E-state index in [1.165, 1.54) is 0 Å². The molecule has 0 spiro atoms. The van der Waals surface area contributed by atoms with Crippen molar-refractivity contribution >= 4 is 6.21 Å². The highest BCUT2D eigenvalue weighted by molar-refractivity contribution is 5.82. The van der Waals surface area contributed by atoms with E-state index in [1.54, 1.807) is 25.4 Å². The van der Waals surface area contributed by atoms with Crippen LogP contribution in [0, 0.1) is 0 Å². The molecule has 0 bridgehead atoms. The molecule has 0 unspecified atom stereocenters. The van der Waals surface area contributed by atoms with Crippen LogP contribution in [0.25, 0.3) is 0 Å². The van der Waals surface area contributed by atoms with Gasteiger partial charge in [-0.2, -0.15) is 0 Å². The fraction of sp³-hybridized carbons (Fsp3) is 0.222. The van der Waals surface area contributed by atoms with E-state index in [9.17, 15) is 0 Å². The predicted molar refractivity (Wildman–Crippen MR) is 48.4 cm³/mol. The number of aromatic hydroxyl groups is 1. The first kappa shape index (κ1) is 9.69. The van der Waals surface area contributed by atoms with E-state index in [1.807, 2.05) is 12.1 Å². The lowest BCUT2D eigenvalue weighted by Gasteiger charge is -1.94. The van der Waals surface area contributed by atoms with Crippen LogP contribution in [-0.2, 0) is 0 Å². The highest BCUT2D eigenvalue weighted by Gasteiger charge is 1.91. The molecule has 2 heteroatoms. The third kappa shape index (κ3) is 2.42. The van der Waals surface area contributed by atoms with Gasteiger partial charge in [-0.05, 0) is 12.1 Å². The van der Waals surface area contributed by atoms with Crippen LogP contribution in [0.4, 0.5) is 0 Å². The number of rotatable bonds is 1. The normalized spacial score (nSPS) is 9.55. The summed E-state index contributed by atoms with van der Waals surface area (Å²) >= 11 is 0. The van der Waals surface area contributed by atoms with Crippen molar-refractivity contribution < 1.29 is 5.11 Å². The Balaban J connectivity index is 0.000001000. The van der Waals surface area contributed by atoms with E-state index < -0.39 is 0 Å². The smallest absolute Gasteiger partial charge is 0.124 e. The highest BCUT2D eigenvalue weighted by atomic mass is 16.3. The molecule has 0 amide bonds. The quantitative estimate of drug-likeness (QED) is 0.612. The minimum absolute atomic E-state index is 0. The van der Waals surface area contributed by atoms with Crippen LogP contribution in [0.2, 0.25) is 0 Å². The van der Waals surface area contributed by atoms with Crippen LogP contribution >= 0.6 is 0 Å². The van der Waals surface area contributed by atoms with Crippen LogP contribution < -0.4 is 0 Å². The van der Waals surface area contributed by atoms with E-state index in [2.05, 4.69) is 4.99 Å². The van der Waals surface area contributed by atoms with Gasteiger partial charge in [-0.3, -0.25) is 4.99 Å². The maximum Gasteiger partial charge on any atom is 0.124 e. The number of nitrogens with zero attached hydrogens (tertiary/aromatic N) is 1. The number of hydrogen-bond donors (Lipinski definition) is 1. The second-order valence-corrected chi connectivity index (χ2v) is 1.95. The zero-order valence-corrected chi connectivity index (χ0v) is 5.78. The standard InChI is InChI=1S/C8H9NO.CH4/c1-9-6-7-4-2-3-5-8(7)10;/h2-6,10H,1H3;1H4. The molecule has 0 aliphatic rings. The molecule has 0 saturated heterocycles. The summed E-state index contributed by atoms with van der Waals surface area (Å²) < 4.78 is 0. The summed E-state index contributed by atoms with van der Waals surface area (Å²) in [5, 5.41) is 9.15. The van der Waals surface area contributed by atoms with Crippen molar-refractivity contribution in [3.63, 3.8) is 0 Å². The molecule has 1 rings (SSSR count). The summed E-state index contributed by atoms with van der Waals surface area (Å²) in [5.74, 6) is 0.271. The molecule has 0 aliphatic carbocycles. The van der Waals surface area contributed by atoms with Gasteiger partial charge in [0.15, 0.2) is 0 Å². The molecule has 2 nitrogen and oxygen atoms in total. The number of phenols is 1. The van der Waals surface area contributed by atoms with Gasteiger partial charge in [-0.15, -0.1) is 0 Å². The molecule has 0 saturated carbocycles. The van der Waals surface area contributed by atoms with Gasteiger partial charge < -0.3 is 5.11 Å². The van der Waals surface area contributed by atoms with Crippen molar-refractivity contribution in [3.8, 4) is 5.75 Å². The SMILES string of the molecule is C.CN=Cc1ccccc1O. The minimum atomic E-state index is 0. The molecule has 1 N–H and O–H groups in total. The molecule has 11 heavy (non-hydrogen) atoms. The average molecular weight is 151 g/mol. The van der Waals surface area contributed by atoms with Gasteiger partial charge in [0.25, 0.3) is 0 Å². The van der Waals surface area contributed by atoms with Crippen LogP contribution in [0.3, 0.4) is 0 Å². The molecule has 60 valence electrons. The summed E-state index contributed by atoms with van der Waals surface area (Å²) in [6.07, 6.45) is 1.62. The fourth-order valence-electron chi connectivity index (χ4n) is 0.736. The lowest BCUT2D eigenvalue weighted by molar-refractivity contribution is 0.474. The Morgan fingerprint density at radius 3 is 2.55 bits per heavy atom. The Hall–Kier alpha value is -1.31. The monoisotopic (exact) mass is 151 g/mol. The summed E-state index contributed by atoms with van der Waals surface area (Å²) in [5.41, 5.74) is 0.755. The molecule has 0 atom stereocenters. The Morgan fingerprint density at radius 1 is 1.36 bits per heavy atom. The van der Waals surface area contributed by atoms with Crippen molar-refractivity contribution in [1.29, 1.82) is 0 Å². The molecule has 1 aromatic rings. The van der Waals surface area contributed by atoms with Crippen LogP contribution in [0.15, 0.2) is 29.3 Å². The Labute approximate surface area is 67.2 Å². The zero-order valence-electron chi connectivity index (χ0n) is 5.78. The average Bonchev–Trinajstić information content (AvgIpc) is 1.94. The van der Waals surface area contributed by atoms with E-state index in [4.69, 9.17) is 5.11 Å². The van der Waals surface area contributed by atoms with Gasteiger partial charge in [0.2, 0.25) is 0 Å². The van der Waals surface area contributed by atoms with Gasteiger partial charge in [0.05, 0.1) is 0 Å². The number of phenolic OH excluding ortho intramolecular Hbond substituents is 1. The lowest BCUT2D eigenvalue weighted by Crippen LogP contribution is -1.79. The van der Waals surface area contributed by atoms with E-state index in [0.717, 1.165) is 5.56 Å². The number of hydrogen-bond acceptors (Lipinski definition) is 2. The van der Waals surface area contributed by atoms with Crippen molar-refractivity contribution in [2.24, 2.45) is 4.99 Å². The molecular weight excluding hydrogens is 138 g/mol. The van der Waals surface area contributed by atoms with Gasteiger partial charge >= 0.3 is 0 Å². The first-order valence-corrected chi connectivity index (χ1v) is 3.05. The zero-order chi connectivity index (χ0) is 7.40. The predicted octanol–water partition coefficient (Wildman–Crippen LogP) is 2.08. The highest BCUT2D eigenvalue weighted by Crippen LogP contribution is 2.12.